The van der Waals surface area contributed by atoms with Gasteiger partial charge < -0.3 is 10.4 Å². The van der Waals surface area contributed by atoms with Gasteiger partial charge in [-0.25, -0.2) is 8.78 Å². The van der Waals surface area contributed by atoms with Crippen molar-refractivity contribution in [2.45, 2.75) is 33.7 Å². The Hall–Kier alpha value is -2.10. The molecule has 0 fully saturated rings. The van der Waals surface area contributed by atoms with Crippen molar-refractivity contribution in [2.75, 3.05) is 5.32 Å². The molecule has 2 aromatic carbocycles. The molecule has 21 heavy (non-hydrogen) atoms. The topological polar surface area (TPSA) is 32.3 Å². The molecule has 112 valence electrons. The van der Waals surface area contributed by atoms with Crippen molar-refractivity contribution < 1.29 is 13.9 Å². The predicted octanol–water partition coefficient (Wildman–Crippen LogP) is 4.77. The Morgan fingerprint density at radius 2 is 1.67 bits per heavy atom. The van der Waals surface area contributed by atoms with Crippen LogP contribution >= 0.6 is 0 Å². The molecule has 0 saturated heterocycles. The van der Waals surface area contributed by atoms with Crippen LogP contribution in [0.5, 0.6) is 5.75 Å². The van der Waals surface area contributed by atoms with E-state index in [0.717, 1.165) is 5.56 Å². The van der Waals surface area contributed by atoms with Gasteiger partial charge in [0.2, 0.25) is 0 Å². The summed E-state index contributed by atoms with van der Waals surface area (Å²) in [6, 6.07) is 5.60. The lowest BCUT2D eigenvalue weighted by Gasteiger charge is -2.19. The van der Waals surface area contributed by atoms with Crippen molar-refractivity contribution in [3.63, 3.8) is 0 Å². The van der Waals surface area contributed by atoms with E-state index in [2.05, 4.69) is 5.32 Å². The minimum absolute atomic E-state index is 0.211. The van der Waals surface area contributed by atoms with Gasteiger partial charge in [-0.1, -0.05) is 6.07 Å². The fourth-order valence-corrected chi connectivity index (χ4v) is 2.30. The standard InChI is InChI=1S/C17H19F2NO/c1-9-5-6-16(11(3)17(9)21)20-12(4)13-8-14(18)10(2)7-15(13)19/h5-8,12,20-21H,1-4H3. The van der Waals surface area contributed by atoms with Crippen molar-refractivity contribution in [3.05, 3.63) is 58.2 Å². The summed E-state index contributed by atoms with van der Waals surface area (Å²) in [5.74, 6) is -0.658. The maximum Gasteiger partial charge on any atom is 0.128 e. The van der Waals surface area contributed by atoms with Crippen molar-refractivity contribution >= 4 is 5.69 Å². The monoisotopic (exact) mass is 291 g/mol. The molecule has 0 spiro atoms. The third-order valence-corrected chi connectivity index (χ3v) is 3.75. The minimum Gasteiger partial charge on any atom is -0.507 e. The highest BCUT2D eigenvalue weighted by molar-refractivity contribution is 5.60. The van der Waals surface area contributed by atoms with Crippen LogP contribution < -0.4 is 5.32 Å². The van der Waals surface area contributed by atoms with Crippen molar-refractivity contribution in [3.8, 4) is 5.75 Å². The number of benzene rings is 2. The molecular weight excluding hydrogens is 272 g/mol. The highest BCUT2D eigenvalue weighted by Gasteiger charge is 2.15. The van der Waals surface area contributed by atoms with Gasteiger partial charge in [0.15, 0.2) is 0 Å². The molecule has 0 aliphatic carbocycles. The van der Waals surface area contributed by atoms with Crippen molar-refractivity contribution in [1.29, 1.82) is 0 Å². The first kappa shape index (κ1) is 15.3. The van der Waals surface area contributed by atoms with Crippen LogP contribution in [0, 0.1) is 32.4 Å². The summed E-state index contributed by atoms with van der Waals surface area (Å²) in [5, 5.41) is 13.0. The fourth-order valence-electron chi connectivity index (χ4n) is 2.30. The summed E-state index contributed by atoms with van der Waals surface area (Å²) in [5.41, 5.74) is 2.71. The average Bonchev–Trinajstić information content (AvgIpc) is 2.43. The Morgan fingerprint density at radius 3 is 2.33 bits per heavy atom. The highest BCUT2D eigenvalue weighted by atomic mass is 19.1. The Bertz CT molecular complexity index is 683. The summed E-state index contributed by atoms with van der Waals surface area (Å²) < 4.78 is 27.6. The normalized spacial score (nSPS) is 12.3. The zero-order valence-electron chi connectivity index (χ0n) is 12.6. The molecular formula is C17H19F2NO. The number of hydrogen-bond acceptors (Lipinski definition) is 2. The number of aryl methyl sites for hydroxylation is 2. The molecule has 2 N–H and O–H groups in total. The van der Waals surface area contributed by atoms with Gasteiger partial charge in [0.25, 0.3) is 0 Å². The van der Waals surface area contributed by atoms with Crippen molar-refractivity contribution in [1.82, 2.24) is 0 Å². The largest absolute Gasteiger partial charge is 0.507 e. The summed E-state index contributed by atoms with van der Waals surface area (Å²) in [4.78, 5) is 0. The molecule has 1 atom stereocenters. The molecule has 0 heterocycles. The molecule has 2 rings (SSSR count). The average molecular weight is 291 g/mol. The van der Waals surface area contributed by atoms with E-state index < -0.39 is 17.7 Å². The van der Waals surface area contributed by atoms with E-state index in [4.69, 9.17) is 0 Å². The minimum atomic E-state index is -0.442. The van der Waals surface area contributed by atoms with Gasteiger partial charge in [-0.15, -0.1) is 0 Å². The lowest BCUT2D eigenvalue weighted by molar-refractivity contribution is 0.467. The summed E-state index contributed by atoms with van der Waals surface area (Å²) in [7, 11) is 0. The van der Waals surface area contributed by atoms with Crippen LogP contribution in [0.4, 0.5) is 14.5 Å². The van der Waals surface area contributed by atoms with E-state index in [1.165, 1.54) is 19.1 Å². The summed E-state index contributed by atoms with van der Waals surface area (Å²) >= 11 is 0. The van der Waals surface area contributed by atoms with Gasteiger partial charge in [-0.2, -0.15) is 0 Å². The van der Waals surface area contributed by atoms with Crippen LogP contribution in [-0.4, -0.2) is 5.11 Å². The number of anilines is 1. The van der Waals surface area contributed by atoms with Crippen LogP contribution in [0.25, 0.3) is 0 Å². The van der Waals surface area contributed by atoms with Gasteiger partial charge in [-0.3, -0.25) is 0 Å². The maximum absolute atomic E-state index is 14.0. The SMILES string of the molecule is Cc1cc(F)c(C(C)Nc2ccc(C)c(O)c2C)cc1F. The third kappa shape index (κ3) is 2.99. The number of phenolic OH excluding ortho intramolecular Hbond substituents is 1. The molecule has 0 radical (unpaired) electrons. The first-order valence-corrected chi connectivity index (χ1v) is 6.82. The number of phenols is 1. The molecule has 0 amide bonds. The predicted molar refractivity (Wildman–Crippen MR) is 80.7 cm³/mol. The number of halogens is 2. The zero-order valence-corrected chi connectivity index (χ0v) is 12.6. The van der Waals surface area contributed by atoms with E-state index in [0.29, 0.717) is 11.3 Å². The molecule has 0 bridgehead atoms. The van der Waals surface area contributed by atoms with Gasteiger partial charge >= 0.3 is 0 Å². The lowest BCUT2D eigenvalue weighted by Crippen LogP contribution is -2.10. The van der Waals surface area contributed by atoms with Crippen LogP contribution in [-0.2, 0) is 0 Å². The van der Waals surface area contributed by atoms with Crippen LogP contribution in [0.2, 0.25) is 0 Å². The molecule has 0 aliphatic rings. The Balaban J connectivity index is 2.32. The zero-order chi connectivity index (χ0) is 15.7. The van der Waals surface area contributed by atoms with Gasteiger partial charge in [0, 0.05) is 16.8 Å². The van der Waals surface area contributed by atoms with Crippen LogP contribution in [0.1, 0.15) is 35.2 Å². The Kier molecular flexibility index (Phi) is 4.16. The van der Waals surface area contributed by atoms with Gasteiger partial charge in [-0.05, 0) is 57.0 Å². The molecule has 2 nitrogen and oxygen atoms in total. The Morgan fingerprint density at radius 1 is 1.00 bits per heavy atom. The van der Waals surface area contributed by atoms with Crippen LogP contribution in [0.3, 0.4) is 0 Å². The number of nitrogens with one attached hydrogen (secondary N) is 1. The smallest absolute Gasteiger partial charge is 0.128 e. The second kappa shape index (κ2) is 5.72. The number of rotatable bonds is 3. The molecule has 0 aromatic heterocycles. The summed E-state index contributed by atoms with van der Waals surface area (Å²) in [6.45, 7) is 6.88. The third-order valence-electron chi connectivity index (χ3n) is 3.75. The van der Waals surface area contributed by atoms with E-state index in [9.17, 15) is 13.9 Å². The first-order valence-electron chi connectivity index (χ1n) is 6.82. The maximum atomic E-state index is 14.0. The molecule has 1 unspecified atom stereocenters. The molecule has 0 saturated carbocycles. The highest BCUT2D eigenvalue weighted by Crippen LogP contribution is 2.31. The Labute approximate surface area is 123 Å². The quantitative estimate of drug-likeness (QED) is 0.854. The second-order valence-electron chi connectivity index (χ2n) is 5.39. The summed E-state index contributed by atoms with van der Waals surface area (Å²) in [6.07, 6.45) is 0. The van der Waals surface area contributed by atoms with E-state index in [1.54, 1.807) is 19.9 Å². The van der Waals surface area contributed by atoms with E-state index in [1.807, 2.05) is 13.0 Å². The number of hydrogen-bond donors (Lipinski definition) is 2. The van der Waals surface area contributed by atoms with Gasteiger partial charge in [0.05, 0.1) is 6.04 Å². The molecule has 4 heteroatoms. The lowest BCUT2D eigenvalue weighted by atomic mass is 10.0. The van der Waals surface area contributed by atoms with Gasteiger partial charge in [0.1, 0.15) is 17.4 Å². The molecule has 0 aliphatic heterocycles. The number of aromatic hydroxyl groups is 1. The van der Waals surface area contributed by atoms with Crippen LogP contribution in [0.15, 0.2) is 24.3 Å². The van der Waals surface area contributed by atoms with E-state index >= 15 is 0 Å². The van der Waals surface area contributed by atoms with Crippen molar-refractivity contribution in [2.24, 2.45) is 0 Å². The first-order chi connectivity index (χ1) is 9.81. The molecule has 2 aromatic rings. The fraction of sp³-hybridized carbons (Fsp3) is 0.294. The second-order valence-corrected chi connectivity index (χ2v) is 5.39. The van der Waals surface area contributed by atoms with E-state index in [-0.39, 0.29) is 16.9 Å².